The van der Waals surface area contributed by atoms with E-state index in [1.54, 1.807) is 23.9 Å². The van der Waals surface area contributed by atoms with E-state index in [9.17, 15) is 10.2 Å². The minimum Gasteiger partial charge on any atom is -0.507 e. The third kappa shape index (κ3) is 12.2. The van der Waals surface area contributed by atoms with E-state index in [1.165, 1.54) is 95.2 Å². The lowest BCUT2D eigenvalue weighted by Gasteiger charge is -2.12. The first-order chi connectivity index (χ1) is 20.6. The van der Waals surface area contributed by atoms with E-state index in [0.29, 0.717) is 10.1 Å². The lowest BCUT2D eigenvalue weighted by Crippen LogP contribution is -2.03. The zero-order valence-corrected chi connectivity index (χ0v) is 27.7. The molecule has 3 rings (SSSR count). The zero-order chi connectivity index (χ0) is 29.8. The van der Waals surface area contributed by atoms with Gasteiger partial charge in [0.05, 0.1) is 9.79 Å². The van der Waals surface area contributed by atoms with Crippen LogP contribution in [0.1, 0.15) is 129 Å². The molecule has 42 heavy (non-hydrogen) atoms. The minimum absolute atomic E-state index is 0.163. The molecule has 0 aliphatic carbocycles. The number of thioether (sulfide) groups is 1. The topological polar surface area (TPSA) is 71.2 Å². The molecule has 0 aliphatic rings. The molecule has 2 N–H and O–H groups in total. The van der Waals surface area contributed by atoms with Gasteiger partial charge in [-0.2, -0.15) is 0 Å². The summed E-state index contributed by atoms with van der Waals surface area (Å²) in [5.41, 5.74) is 1.00. The van der Waals surface area contributed by atoms with Gasteiger partial charge in [0, 0.05) is 12.1 Å². The Hall–Kier alpha value is -2.12. The fraction of sp³-hybridized carbons (Fsp3) is 0.600. The molecule has 232 valence electrons. The second-order valence-electron chi connectivity index (χ2n) is 11.4. The molecule has 0 saturated carbocycles. The largest absolute Gasteiger partial charge is 0.507 e. The number of aromatic hydroxyl groups is 2. The molecule has 0 bridgehead atoms. The van der Waals surface area contributed by atoms with Crippen LogP contribution in [0, 0.1) is 0 Å². The van der Waals surface area contributed by atoms with Gasteiger partial charge in [-0.3, -0.25) is 4.57 Å². The summed E-state index contributed by atoms with van der Waals surface area (Å²) in [5.74, 6) is 2.23. The van der Waals surface area contributed by atoms with Crippen molar-refractivity contribution in [2.45, 2.75) is 144 Å². The highest BCUT2D eigenvalue weighted by molar-refractivity contribution is 7.99. The second kappa shape index (κ2) is 20.7. The van der Waals surface area contributed by atoms with E-state index in [0.717, 1.165) is 54.3 Å². The van der Waals surface area contributed by atoms with Gasteiger partial charge >= 0.3 is 0 Å². The average Bonchev–Trinajstić information content (AvgIpc) is 3.40. The molecule has 0 radical (unpaired) electrons. The molecule has 1 heterocycles. The number of aromatic nitrogens is 3. The summed E-state index contributed by atoms with van der Waals surface area (Å²) in [6.07, 6.45) is 23.1. The maximum absolute atomic E-state index is 10.8. The van der Waals surface area contributed by atoms with Gasteiger partial charge in [0.15, 0.2) is 0 Å². The van der Waals surface area contributed by atoms with Crippen molar-refractivity contribution in [3.8, 4) is 17.2 Å². The highest BCUT2D eigenvalue weighted by Crippen LogP contribution is 2.42. The number of rotatable bonds is 23. The summed E-state index contributed by atoms with van der Waals surface area (Å²) in [4.78, 5) is 1.31. The molecule has 2 aromatic carbocycles. The van der Waals surface area contributed by atoms with Crippen LogP contribution in [-0.2, 0) is 6.42 Å². The third-order valence-corrected chi connectivity index (χ3v) is 9.84. The van der Waals surface area contributed by atoms with Crippen molar-refractivity contribution in [2.24, 2.45) is 0 Å². The Morgan fingerprint density at radius 3 is 1.76 bits per heavy atom. The maximum Gasteiger partial charge on any atom is 0.200 e. The van der Waals surface area contributed by atoms with E-state index < -0.39 is 0 Å². The first-order valence-corrected chi connectivity index (χ1v) is 18.3. The lowest BCUT2D eigenvalue weighted by atomic mass is 10.0. The summed E-state index contributed by atoms with van der Waals surface area (Å²) in [5, 5.41) is 31.2. The van der Waals surface area contributed by atoms with Crippen LogP contribution in [0.2, 0.25) is 0 Å². The van der Waals surface area contributed by atoms with Gasteiger partial charge in [0.2, 0.25) is 5.16 Å². The SMILES string of the molecule is CCCCCCCCCCCCCCCCSc1cc(O)c(Sc2nnc(CCCCC)n2-c2ccccc2)cc1O. The second-order valence-corrected chi connectivity index (χ2v) is 13.5. The Labute approximate surface area is 263 Å². The first-order valence-electron chi connectivity index (χ1n) is 16.5. The van der Waals surface area contributed by atoms with Gasteiger partial charge in [-0.15, -0.1) is 22.0 Å². The summed E-state index contributed by atoms with van der Waals surface area (Å²) in [7, 11) is 0. The highest BCUT2D eigenvalue weighted by atomic mass is 32.2. The molecular formula is C35H53N3O2S2. The summed E-state index contributed by atoms with van der Waals surface area (Å²) in [6.45, 7) is 4.47. The predicted molar refractivity (Wildman–Crippen MR) is 180 cm³/mol. The van der Waals surface area contributed by atoms with Crippen LogP contribution >= 0.6 is 23.5 Å². The molecule has 0 spiro atoms. The van der Waals surface area contributed by atoms with Gasteiger partial charge in [-0.05, 0) is 54.6 Å². The monoisotopic (exact) mass is 611 g/mol. The number of para-hydroxylation sites is 1. The van der Waals surface area contributed by atoms with Crippen molar-refractivity contribution in [1.82, 2.24) is 14.8 Å². The van der Waals surface area contributed by atoms with E-state index >= 15 is 0 Å². The zero-order valence-electron chi connectivity index (χ0n) is 26.0. The van der Waals surface area contributed by atoms with Crippen LogP contribution < -0.4 is 0 Å². The summed E-state index contributed by atoms with van der Waals surface area (Å²) < 4.78 is 2.06. The van der Waals surface area contributed by atoms with Crippen LogP contribution in [-0.4, -0.2) is 30.7 Å². The Balaban J connectivity index is 1.40. The number of hydrogen-bond acceptors (Lipinski definition) is 6. The van der Waals surface area contributed by atoms with Crippen molar-refractivity contribution < 1.29 is 10.2 Å². The standard InChI is InChI=1S/C35H53N3O2S2/c1-3-5-7-8-9-10-11-12-13-14-15-16-17-22-26-41-32-27-31(40)33(28-30(32)39)42-35-37-36-34(25-19-6-4-2)38(35)29-23-20-18-21-24-29/h18,20-21,23-24,27-28,39-40H,3-17,19,22,25-26H2,1-2H3. The van der Waals surface area contributed by atoms with Gasteiger partial charge in [0.1, 0.15) is 17.3 Å². The number of phenols is 2. The molecule has 1 aromatic heterocycles. The quantitative estimate of drug-likeness (QED) is 0.0631. The normalized spacial score (nSPS) is 11.4. The molecule has 5 nitrogen and oxygen atoms in total. The van der Waals surface area contributed by atoms with Crippen molar-refractivity contribution in [3.05, 3.63) is 48.3 Å². The van der Waals surface area contributed by atoms with Crippen LogP contribution in [0.25, 0.3) is 5.69 Å². The first kappa shape index (κ1) is 34.4. The van der Waals surface area contributed by atoms with E-state index in [2.05, 4.69) is 28.6 Å². The summed E-state index contributed by atoms with van der Waals surface area (Å²) >= 11 is 2.96. The van der Waals surface area contributed by atoms with E-state index in [4.69, 9.17) is 0 Å². The van der Waals surface area contributed by atoms with Crippen LogP contribution in [0.5, 0.6) is 11.5 Å². The highest BCUT2D eigenvalue weighted by Gasteiger charge is 2.18. The van der Waals surface area contributed by atoms with Crippen molar-refractivity contribution in [3.63, 3.8) is 0 Å². The lowest BCUT2D eigenvalue weighted by molar-refractivity contribution is 0.438. The van der Waals surface area contributed by atoms with Crippen molar-refractivity contribution in [1.29, 1.82) is 0 Å². The molecule has 0 fully saturated rings. The predicted octanol–water partition coefficient (Wildman–Crippen LogP) is 11.1. The number of nitrogens with zero attached hydrogens (tertiary/aromatic N) is 3. The molecule has 0 atom stereocenters. The Bertz CT molecular complexity index is 1140. The number of phenolic OH excluding ortho intramolecular Hbond substituents is 2. The smallest absolute Gasteiger partial charge is 0.200 e. The molecule has 3 aromatic rings. The van der Waals surface area contributed by atoms with Crippen LogP contribution in [0.4, 0.5) is 0 Å². The number of benzene rings is 2. The van der Waals surface area contributed by atoms with Crippen molar-refractivity contribution in [2.75, 3.05) is 5.75 Å². The Kier molecular flexibility index (Phi) is 17.0. The van der Waals surface area contributed by atoms with Gasteiger partial charge in [-0.25, -0.2) is 0 Å². The van der Waals surface area contributed by atoms with Gasteiger partial charge < -0.3 is 10.2 Å². The molecular weight excluding hydrogens is 559 g/mol. The molecule has 0 saturated heterocycles. The molecule has 0 unspecified atom stereocenters. The van der Waals surface area contributed by atoms with E-state index in [1.807, 2.05) is 30.3 Å². The summed E-state index contributed by atoms with van der Waals surface area (Å²) in [6, 6.07) is 13.5. The minimum atomic E-state index is 0.163. The van der Waals surface area contributed by atoms with Gasteiger partial charge in [0.25, 0.3) is 0 Å². The molecule has 0 amide bonds. The van der Waals surface area contributed by atoms with Gasteiger partial charge in [-0.1, -0.05) is 128 Å². The molecule has 7 heteroatoms. The van der Waals surface area contributed by atoms with E-state index in [-0.39, 0.29) is 11.5 Å². The average molecular weight is 612 g/mol. The Morgan fingerprint density at radius 2 is 1.14 bits per heavy atom. The van der Waals surface area contributed by atoms with Crippen LogP contribution in [0.3, 0.4) is 0 Å². The number of aryl methyl sites for hydroxylation is 1. The van der Waals surface area contributed by atoms with Crippen molar-refractivity contribution >= 4 is 23.5 Å². The number of unbranched alkanes of at least 4 members (excludes halogenated alkanes) is 15. The Morgan fingerprint density at radius 1 is 0.619 bits per heavy atom. The maximum atomic E-state index is 10.8. The fourth-order valence-corrected chi connectivity index (χ4v) is 7.10. The fourth-order valence-electron chi connectivity index (χ4n) is 5.21. The third-order valence-electron chi connectivity index (χ3n) is 7.72. The molecule has 0 aliphatic heterocycles. The van der Waals surface area contributed by atoms with Crippen LogP contribution in [0.15, 0.2) is 57.4 Å². The number of hydrogen-bond donors (Lipinski definition) is 2.